The molecule has 33 heavy (non-hydrogen) atoms. The molecule has 0 heterocycles. The van der Waals surface area contributed by atoms with Gasteiger partial charge < -0.3 is 14.9 Å². The summed E-state index contributed by atoms with van der Waals surface area (Å²) in [5, 5.41) is 6.71. The zero-order valence-corrected chi connectivity index (χ0v) is 17.9. The van der Waals surface area contributed by atoms with E-state index in [1.807, 2.05) is 60.7 Å². The first-order chi connectivity index (χ1) is 15.8. The summed E-state index contributed by atoms with van der Waals surface area (Å²) in [4.78, 5) is 0. The van der Waals surface area contributed by atoms with Crippen LogP contribution < -0.4 is 9.47 Å². The van der Waals surface area contributed by atoms with Crippen molar-refractivity contribution in [1.82, 2.24) is 0 Å². The standard InChI is InChI=1S/C30H20O2.H2O/c1-2-13-25(14-3-1)31-29-18-17-24-19-22-10-4-5-11-23(22)20-27(24)30(29)32-28-16-8-12-21-9-6-7-15-26(21)28;/h1-20H;1H2. The minimum atomic E-state index is 0. The van der Waals surface area contributed by atoms with Gasteiger partial charge in [0.05, 0.1) is 0 Å². The molecule has 0 saturated heterocycles. The molecule has 3 heteroatoms. The maximum atomic E-state index is 6.63. The Morgan fingerprint density at radius 1 is 0.394 bits per heavy atom. The molecule has 0 aromatic heterocycles. The lowest BCUT2D eigenvalue weighted by molar-refractivity contribution is 0.425. The maximum absolute atomic E-state index is 6.63. The van der Waals surface area contributed by atoms with Crippen molar-refractivity contribution in [2.45, 2.75) is 0 Å². The van der Waals surface area contributed by atoms with Crippen LogP contribution in [0.4, 0.5) is 0 Å². The lowest BCUT2D eigenvalue weighted by atomic mass is 10.0. The van der Waals surface area contributed by atoms with Crippen molar-refractivity contribution in [2.24, 2.45) is 0 Å². The van der Waals surface area contributed by atoms with Gasteiger partial charge in [0.15, 0.2) is 11.5 Å². The fourth-order valence-corrected chi connectivity index (χ4v) is 4.16. The van der Waals surface area contributed by atoms with E-state index >= 15 is 0 Å². The average Bonchev–Trinajstić information content (AvgIpc) is 2.85. The van der Waals surface area contributed by atoms with Gasteiger partial charge in [-0.2, -0.15) is 0 Å². The summed E-state index contributed by atoms with van der Waals surface area (Å²) in [7, 11) is 0. The highest BCUT2D eigenvalue weighted by atomic mass is 16.5. The van der Waals surface area contributed by atoms with Crippen molar-refractivity contribution in [3.8, 4) is 23.0 Å². The molecule has 0 unspecified atom stereocenters. The van der Waals surface area contributed by atoms with Crippen LogP contribution >= 0.6 is 0 Å². The second-order valence-corrected chi connectivity index (χ2v) is 7.81. The number of ether oxygens (including phenoxy) is 2. The quantitative estimate of drug-likeness (QED) is 0.267. The van der Waals surface area contributed by atoms with Gasteiger partial charge >= 0.3 is 0 Å². The van der Waals surface area contributed by atoms with Gasteiger partial charge in [-0.1, -0.05) is 84.9 Å². The number of para-hydroxylation sites is 1. The molecule has 6 rings (SSSR count). The van der Waals surface area contributed by atoms with Gasteiger partial charge in [-0.15, -0.1) is 0 Å². The van der Waals surface area contributed by atoms with Crippen LogP contribution in [0, 0.1) is 0 Å². The summed E-state index contributed by atoms with van der Waals surface area (Å²) >= 11 is 0. The largest absolute Gasteiger partial charge is 0.453 e. The normalized spacial score (nSPS) is 10.8. The Kier molecular flexibility index (Phi) is 5.39. The summed E-state index contributed by atoms with van der Waals surface area (Å²) in [5.41, 5.74) is 0. The highest BCUT2D eigenvalue weighted by molar-refractivity contribution is 6.02. The van der Waals surface area contributed by atoms with Crippen LogP contribution in [0.15, 0.2) is 121 Å². The Morgan fingerprint density at radius 3 is 1.88 bits per heavy atom. The maximum Gasteiger partial charge on any atom is 0.177 e. The first-order valence-corrected chi connectivity index (χ1v) is 10.7. The Bertz CT molecular complexity index is 1570. The lowest BCUT2D eigenvalue weighted by Crippen LogP contribution is -1.93. The molecule has 3 nitrogen and oxygen atoms in total. The Morgan fingerprint density at radius 2 is 1.06 bits per heavy atom. The molecule has 6 aromatic rings. The SMILES string of the molecule is O.c1ccc(Oc2ccc3cc4ccccc4cc3c2Oc2cccc3ccccc23)cc1. The van der Waals surface area contributed by atoms with Gasteiger partial charge in [0, 0.05) is 10.8 Å². The number of hydrogen-bond donors (Lipinski definition) is 0. The Labute approximate surface area is 191 Å². The molecule has 0 bridgehead atoms. The Hall–Kier alpha value is -4.34. The van der Waals surface area contributed by atoms with E-state index in [1.165, 1.54) is 10.8 Å². The minimum Gasteiger partial charge on any atom is -0.453 e. The second kappa shape index (κ2) is 8.65. The smallest absolute Gasteiger partial charge is 0.177 e. The summed E-state index contributed by atoms with van der Waals surface area (Å²) in [5.74, 6) is 2.98. The van der Waals surface area contributed by atoms with Gasteiger partial charge in [-0.25, -0.2) is 0 Å². The molecule has 0 aliphatic heterocycles. The fraction of sp³-hybridized carbons (Fsp3) is 0. The lowest BCUT2D eigenvalue weighted by Gasteiger charge is -2.17. The van der Waals surface area contributed by atoms with Crippen LogP contribution in [-0.2, 0) is 0 Å². The molecule has 0 amide bonds. The minimum absolute atomic E-state index is 0. The number of fused-ring (bicyclic) bond motifs is 3. The van der Waals surface area contributed by atoms with Gasteiger partial charge in [0.1, 0.15) is 11.5 Å². The van der Waals surface area contributed by atoms with E-state index < -0.39 is 0 Å². The monoisotopic (exact) mass is 430 g/mol. The first kappa shape index (κ1) is 20.6. The van der Waals surface area contributed by atoms with Crippen molar-refractivity contribution in [3.05, 3.63) is 121 Å². The fourth-order valence-electron chi connectivity index (χ4n) is 4.16. The van der Waals surface area contributed by atoms with E-state index in [9.17, 15) is 0 Å². The van der Waals surface area contributed by atoms with Gasteiger partial charge in [0.2, 0.25) is 0 Å². The molecule has 0 fully saturated rings. The zero-order chi connectivity index (χ0) is 21.3. The highest BCUT2D eigenvalue weighted by Crippen LogP contribution is 2.43. The third kappa shape index (κ3) is 3.86. The summed E-state index contributed by atoms with van der Waals surface area (Å²) in [6, 6.07) is 41.1. The van der Waals surface area contributed by atoms with Crippen molar-refractivity contribution in [1.29, 1.82) is 0 Å². The molecule has 0 radical (unpaired) electrons. The molecule has 6 aromatic carbocycles. The third-order valence-corrected chi connectivity index (χ3v) is 5.73. The molecule has 0 aliphatic rings. The predicted molar refractivity (Wildman–Crippen MR) is 136 cm³/mol. The van der Waals surface area contributed by atoms with Crippen molar-refractivity contribution >= 4 is 32.3 Å². The van der Waals surface area contributed by atoms with Gasteiger partial charge in [-0.3, -0.25) is 0 Å². The van der Waals surface area contributed by atoms with Crippen molar-refractivity contribution in [3.63, 3.8) is 0 Å². The summed E-state index contributed by atoms with van der Waals surface area (Å²) in [6.07, 6.45) is 0. The molecular weight excluding hydrogens is 408 g/mol. The van der Waals surface area contributed by atoms with E-state index in [0.29, 0.717) is 11.5 Å². The van der Waals surface area contributed by atoms with E-state index in [1.54, 1.807) is 0 Å². The zero-order valence-electron chi connectivity index (χ0n) is 17.9. The van der Waals surface area contributed by atoms with Crippen LogP contribution in [0.2, 0.25) is 0 Å². The van der Waals surface area contributed by atoms with Crippen LogP contribution in [0.25, 0.3) is 32.3 Å². The average molecular weight is 431 g/mol. The molecule has 0 saturated carbocycles. The number of benzene rings is 6. The van der Waals surface area contributed by atoms with Crippen molar-refractivity contribution < 1.29 is 14.9 Å². The van der Waals surface area contributed by atoms with Crippen LogP contribution in [0.5, 0.6) is 23.0 Å². The van der Waals surface area contributed by atoms with E-state index in [0.717, 1.165) is 33.0 Å². The van der Waals surface area contributed by atoms with Gasteiger partial charge in [0.25, 0.3) is 0 Å². The summed E-state index contributed by atoms with van der Waals surface area (Å²) < 4.78 is 12.9. The molecule has 2 N–H and O–H groups in total. The predicted octanol–water partition coefficient (Wildman–Crippen LogP) is 7.91. The van der Waals surface area contributed by atoms with Crippen LogP contribution in [-0.4, -0.2) is 5.48 Å². The molecular formula is C30H22O3. The first-order valence-electron chi connectivity index (χ1n) is 10.7. The van der Waals surface area contributed by atoms with Crippen LogP contribution in [0.3, 0.4) is 0 Å². The third-order valence-electron chi connectivity index (χ3n) is 5.73. The number of hydrogen-bond acceptors (Lipinski definition) is 2. The highest BCUT2D eigenvalue weighted by Gasteiger charge is 2.15. The Balaban J connectivity index is 0.00000228. The van der Waals surface area contributed by atoms with Gasteiger partial charge in [-0.05, 0) is 57.9 Å². The second-order valence-electron chi connectivity index (χ2n) is 7.81. The molecule has 0 aliphatic carbocycles. The topological polar surface area (TPSA) is 50.0 Å². The molecule has 0 atom stereocenters. The summed E-state index contributed by atoms with van der Waals surface area (Å²) in [6.45, 7) is 0. The van der Waals surface area contributed by atoms with E-state index in [4.69, 9.17) is 9.47 Å². The van der Waals surface area contributed by atoms with Crippen LogP contribution in [0.1, 0.15) is 0 Å². The van der Waals surface area contributed by atoms with E-state index in [2.05, 4.69) is 60.7 Å². The molecule has 0 spiro atoms. The number of rotatable bonds is 4. The molecule has 160 valence electrons. The van der Waals surface area contributed by atoms with E-state index in [-0.39, 0.29) is 5.48 Å². The van der Waals surface area contributed by atoms with Crippen molar-refractivity contribution in [2.75, 3.05) is 0 Å².